The Morgan fingerprint density at radius 2 is 2.14 bits per heavy atom. The number of carbonyl (C=O) groups excluding carboxylic acids is 1. The van der Waals surface area contributed by atoms with Crippen LogP contribution in [-0.4, -0.2) is 40.6 Å². The molecule has 2 bridgehead atoms. The van der Waals surface area contributed by atoms with Crippen LogP contribution in [0.5, 0.6) is 0 Å². The molecule has 0 radical (unpaired) electrons. The van der Waals surface area contributed by atoms with Crippen LogP contribution in [0.1, 0.15) is 37.0 Å². The van der Waals surface area contributed by atoms with E-state index in [1.165, 1.54) is 12.8 Å². The summed E-state index contributed by atoms with van der Waals surface area (Å²) in [5, 5.41) is 7.90. The number of rotatable bonds is 2. The summed E-state index contributed by atoms with van der Waals surface area (Å²) in [4.78, 5) is 15.2. The first-order valence-electron chi connectivity index (χ1n) is 7.96. The van der Waals surface area contributed by atoms with Crippen molar-refractivity contribution in [1.82, 2.24) is 15.4 Å². The van der Waals surface area contributed by atoms with Crippen LogP contribution in [-0.2, 0) is 0 Å². The van der Waals surface area contributed by atoms with E-state index in [-0.39, 0.29) is 17.5 Å². The predicted octanol–water partition coefficient (Wildman–Crippen LogP) is 2.43. The molecule has 4 heterocycles. The SMILES string of the molecule is CC1(C)C(NC(=O)c2ccc3oncc3c2)C2CCN1CC2. The number of nitrogens with zero attached hydrogens (tertiary/aromatic N) is 2. The van der Waals surface area contributed by atoms with E-state index in [9.17, 15) is 4.79 Å². The molecule has 2 aromatic rings. The van der Waals surface area contributed by atoms with Crippen LogP contribution in [0.2, 0.25) is 0 Å². The molecule has 1 unspecified atom stereocenters. The monoisotopic (exact) mass is 299 g/mol. The van der Waals surface area contributed by atoms with Crippen LogP contribution in [0.15, 0.2) is 28.9 Å². The van der Waals surface area contributed by atoms with Gasteiger partial charge in [0.15, 0.2) is 5.58 Å². The molecule has 5 heteroatoms. The van der Waals surface area contributed by atoms with Gasteiger partial charge in [-0.1, -0.05) is 5.16 Å². The van der Waals surface area contributed by atoms with Crippen LogP contribution in [0.4, 0.5) is 0 Å². The average molecular weight is 299 g/mol. The summed E-state index contributed by atoms with van der Waals surface area (Å²) in [6, 6.07) is 5.66. The molecule has 116 valence electrons. The third-order valence-corrected chi connectivity index (χ3v) is 5.49. The summed E-state index contributed by atoms with van der Waals surface area (Å²) in [7, 11) is 0. The van der Waals surface area contributed by atoms with Gasteiger partial charge in [-0.15, -0.1) is 0 Å². The Morgan fingerprint density at radius 3 is 2.86 bits per heavy atom. The van der Waals surface area contributed by atoms with Crippen molar-refractivity contribution in [2.45, 2.75) is 38.3 Å². The molecule has 1 atom stereocenters. The molecule has 3 fully saturated rings. The van der Waals surface area contributed by atoms with Gasteiger partial charge < -0.3 is 9.84 Å². The van der Waals surface area contributed by atoms with Crippen LogP contribution in [0, 0.1) is 5.92 Å². The lowest BCUT2D eigenvalue weighted by Crippen LogP contribution is -2.69. The maximum Gasteiger partial charge on any atom is 0.251 e. The van der Waals surface area contributed by atoms with E-state index >= 15 is 0 Å². The fraction of sp³-hybridized carbons (Fsp3) is 0.529. The minimum Gasteiger partial charge on any atom is -0.356 e. The van der Waals surface area contributed by atoms with E-state index in [1.54, 1.807) is 18.3 Å². The first kappa shape index (κ1) is 13.8. The highest BCUT2D eigenvalue weighted by molar-refractivity contribution is 5.97. The van der Waals surface area contributed by atoms with Crippen molar-refractivity contribution in [3.05, 3.63) is 30.0 Å². The Kier molecular flexibility index (Phi) is 3.01. The zero-order valence-corrected chi connectivity index (χ0v) is 13.0. The van der Waals surface area contributed by atoms with E-state index in [1.807, 2.05) is 6.07 Å². The van der Waals surface area contributed by atoms with Crippen LogP contribution < -0.4 is 5.32 Å². The van der Waals surface area contributed by atoms with Crippen molar-refractivity contribution >= 4 is 16.9 Å². The zero-order chi connectivity index (χ0) is 15.3. The van der Waals surface area contributed by atoms with Crippen LogP contribution in [0.3, 0.4) is 0 Å². The van der Waals surface area contributed by atoms with Gasteiger partial charge in [0.2, 0.25) is 0 Å². The molecule has 0 aliphatic carbocycles. The second kappa shape index (κ2) is 4.81. The van der Waals surface area contributed by atoms with Gasteiger partial charge in [0.05, 0.1) is 6.20 Å². The molecule has 5 rings (SSSR count). The van der Waals surface area contributed by atoms with E-state index in [0.29, 0.717) is 17.1 Å². The molecule has 1 aromatic heterocycles. The van der Waals surface area contributed by atoms with Gasteiger partial charge in [0, 0.05) is 22.5 Å². The molecule has 3 aliphatic rings. The summed E-state index contributed by atoms with van der Waals surface area (Å²) in [6.07, 6.45) is 4.00. The van der Waals surface area contributed by atoms with Crippen molar-refractivity contribution in [1.29, 1.82) is 0 Å². The van der Waals surface area contributed by atoms with Crippen molar-refractivity contribution in [3.63, 3.8) is 0 Å². The molecule has 0 spiro atoms. The largest absolute Gasteiger partial charge is 0.356 e. The fourth-order valence-corrected chi connectivity index (χ4v) is 4.12. The third kappa shape index (κ3) is 2.03. The Balaban J connectivity index is 1.58. The first-order chi connectivity index (χ1) is 10.6. The highest BCUT2D eigenvalue weighted by Crippen LogP contribution is 2.39. The second-order valence-electron chi connectivity index (χ2n) is 7.01. The molecule has 1 aromatic carbocycles. The van der Waals surface area contributed by atoms with Gasteiger partial charge >= 0.3 is 0 Å². The highest BCUT2D eigenvalue weighted by atomic mass is 16.5. The number of amides is 1. The molecule has 3 aliphatic heterocycles. The minimum atomic E-state index is -0.00470. The standard InChI is InChI=1S/C17H21N3O2/c1-17(2)15(11-5-7-20(17)8-6-11)19-16(21)12-3-4-14-13(9-12)10-18-22-14/h3-4,9-11,15H,5-8H2,1-2H3,(H,19,21). The molecule has 5 nitrogen and oxygen atoms in total. The van der Waals surface area contributed by atoms with E-state index in [0.717, 1.165) is 18.5 Å². The number of aromatic nitrogens is 1. The smallest absolute Gasteiger partial charge is 0.251 e. The summed E-state index contributed by atoms with van der Waals surface area (Å²) in [5.41, 5.74) is 1.40. The topological polar surface area (TPSA) is 58.4 Å². The fourth-order valence-electron chi connectivity index (χ4n) is 4.12. The van der Waals surface area contributed by atoms with Crippen LogP contribution in [0.25, 0.3) is 11.0 Å². The Bertz CT molecular complexity index is 714. The molecule has 1 N–H and O–H groups in total. The lowest BCUT2D eigenvalue weighted by molar-refractivity contribution is -0.0378. The van der Waals surface area contributed by atoms with Gasteiger partial charge in [-0.2, -0.15) is 0 Å². The number of carbonyl (C=O) groups is 1. The summed E-state index contributed by atoms with van der Waals surface area (Å²) >= 11 is 0. The van der Waals surface area contributed by atoms with Crippen LogP contribution >= 0.6 is 0 Å². The molecular weight excluding hydrogens is 278 g/mol. The van der Waals surface area contributed by atoms with Gasteiger partial charge in [0.25, 0.3) is 5.91 Å². The number of piperidine rings is 3. The van der Waals surface area contributed by atoms with E-state index in [4.69, 9.17) is 4.52 Å². The number of hydrogen-bond donors (Lipinski definition) is 1. The molecule has 0 saturated carbocycles. The maximum absolute atomic E-state index is 12.7. The zero-order valence-electron chi connectivity index (χ0n) is 13.0. The number of fused-ring (bicyclic) bond motifs is 4. The van der Waals surface area contributed by atoms with Gasteiger partial charge in [-0.25, -0.2) is 0 Å². The quantitative estimate of drug-likeness (QED) is 0.925. The van der Waals surface area contributed by atoms with Gasteiger partial charge in [-0.3, -0.25) is 9.69 Å². The first-order valence-corrected chi connectivity index (χ1v) is 7.96. The lowest BCUT2D eigenvalue weighted by atomic mass is 9.72. The summed E-state index contributed by atoms with van der Waals surface area (Å²) in [5.74, 6) is 0.582. The summed E-state index contributed by atoms with van der Waals surface area (Å²) < 4.78 is 5.09. The van der Waals surface area contributed by atoms with Crippen molar-refractivity contribution in [3.8, 4) is 0 Å². The van der Waals surface area contributed by atoms with E-state index in [2.05, 4.69) is 29.2 Å². The highest BCUT2D eigenvalue weighted by Gasteiger charge is 2.48. The molecule has 22 heavy (non-hydrogen) atoms. The molecular formula is C17H21N3O2. The molecule has 1 amide bonds. The predicted molar refractivity (Wildman–Crippen MR) is 83.6 cm³/mol. The summed E-state index contributed by atoms with van der Waals surface area (Å²) in [6.45, 7) is 6.78. The Labute approximate surface area is 129 Å². The Hall–Kier alpha value is -1.88. The van der Waals surface area contributed by atoms with Crippen molar-refractivity contribution < 1.29 is 9.32 Å². The lowest BCUT2D eigenvalue weighted by Gasteiger charge is -2.56. The maximum atomic E-state index is 12.7. The van der Waals surface area contributed by atoms with E-state index < -0.39 is 0 Å². The average Bonchev–Trinajstić information content (AvgIpc) is 2.98. The third-order valence-electron chi connectivity index (χ3n) is 5.49. The molecule has 3 saturated heterocycles. The number of benzene rings is 1. The number of nitrogens with one attached hydrogen (secondary N) is 1. The normalized spacial score (nSPS) is 29.6. The minimum absolute atomic E-state index is 0.00470. The van der Waals surface area contributed by atoms with Crippen molar-refractivity contribution in [2.24, 2.45) is 5.92 Å². The van der Waals surface area contributed by atoms with Crippen molar-refractivity contribution in [2.75, 3.05) is 13.1 Å². The van der Waals surface area contributed by atoms with Gasteiger partial charge in [0.1, 0.15) is 0 Å². The second-order valence-corrected chi connectivity index (χ2v) is 7.01. The number of hydrogen-bond acceptors (Lipinski definition) is 4. The Morgan fingerprint density at radius 1 is 1.36 bits per heavy atom. The van der Waals surface area contributed by atoms with Gasteiger partial charge in [-0.05, 0) is 63.9 Å².